The zero-order valence-corrected chi connectivity index (χ0v) is 14.5. The van der Waals surface area contributed by atoms with Crippen molar-refractivity contribution in [2.24, 2.45) is 0 Å². The quantitative estimate of drug-likeness (QED) is 0.494. The summed E-state index contributed by atoms with van der Waals surface area (Å²) in [7, 11) is 0. The number of ether oxygens (including phenoxy) is 1. The monoisotopic (exact) mass is 324 g/mol. The number of hydrogen-bond acceptors (Lipinski definition) is 3. The van der Waals surface area contributed by atoms with E-state index in [4.69, 9.17) is 9.84 Å². The van der Waals surface area contributed by atoms with E-state index < -0.39 is 5.97 Å². The van der Waals surface area contributed by atoms with Gasteiger partial charge in [-0.15, -0.1) is 0 Å². The molecule has 0 aliphatic rings. The van der Waals surface area contributed by atoms with E-state index in [0.29, 0.717) is 13.2 Å². The lowest BCUT2D eigenvalue weighted by Gasteiger charge is -2.08. The number of carbonyl (C=O) groups is 1. The Balaban J connectivity index is 2.04. The maximum absolute atomic E-state index is 10.4. The van der Waals surface area contributed by atoms with Crippen molar-refractivity contribution >= 4 is 5.97 Å². The Morgan fingerprint density at radius 2 is 1.78 bits per heavy atom. The van der Waals surface area contributed by atoms with Gasteiger partial charge >= 0.3 is 5.97 Å². The van der Waals surface area contributed by atoms with Gasteiger partial charge in [-0.3, -0.25) is 0 Å². The van der Waals surface area contributed by atoms with Crippen molar-refractivity contribution in [1.29, 1.82) is 0 Å². The average molecular weight is 324 g/mol. The summed E-state index contributed by atoms with van der Waals surface area (Å²) >= 11 is 0. The Labute approximate surface area is 140 Å². The fraction of sp³-hybridized carbons (Fsp3) is 0.778. The van der Waals surface area contributed by atoms with Crippen LogP contribution < -0.4 is 0 Å². The fourth-order valence-electron chi connectivity index (χ4n) is 2.69. The van der Waals surface area contributed by atoms with Crippen molar-refractivity contribution in [2.75, 3.05) is 13.2 Å². The van der Waals surface area contributed by atoms with Gasteiger partial charge in [-0.1, -0.05) is 58.3 Å². The number of imidazole rings is 1. The van der Waals surface area contributed by atoms with E-state index >= 15 is 0 Å². The van der Waals surface area contributed by atoms with Crippen LogP contribution in [0.15, 0.2) is 12.4 Å². The molecule has 0 fully saturated rings. The molecule has 0 aliphatic carbocycles. The molecule has 5 nitrogen and oxygen atoms in total. The zero-order chi connectivity index (χ0) is 16.8. The highest BCUT2D eigenvalue weighted by atomic mass is 16.5. The lowest BCUT2D eigenvalue weighted by atomic mass is 10.1. The number of rotatable bonds is 15. The van der Waals surface area contributed by atoms with Gasteiger partial charge < -0.3 is 14.4 Å². The van der Waals surface area contributed by atoms with E-state index in [-0.39, 0.29) is 6.61 Å². The SMILES string of the molecule is CCCCCCCCCCCc1nccn1CCOCC(=O)O. The highest BCUT2D eigenvalue weighted by Gasteiger charge is 2.03. The van der Waals surface area contributed by atoms with E-state index in [1.54, 1.807) is 6.20 Å². The Hall–Kier alpha value is -1.36. The van der Waals surface area contributed by atoms with Crippen LogP contribution in [0.25, 0.3) is 0 Å². The van der Waals surface area contributed by atoms with Gasteiger partial charge in [0, 0.05) is 25.4 Å². The minimum absolute atomic E-state index is 0.234. The van der Waals surface area contributed by atoms with Gasteiger partial charge in [0.2, 0.25) is 0 Å². The summed E-state index contributed by atoms with van der Waals surface area (Å²) in [6, 6.07) is 0. The topological polar surface area (TPSA) is 64.4 Å². The van der Waals surface area contributed by atoms with Crippen LogP contribution in [0.2, 0.25) is 0 Å². The number of unbranched alkanes of at least 4 members (excludes halogenated alkanes) is 8. The maximum atomic E-state index is 10.4. The molecule has 0 aromatic carbocycles. The lowest BCUT2D eigenvalue weighted by Crippen LogP contribution is -2.13. The standard InChI is InChI=1S/C18H32N2O3/c1-2-3-4-5-6-7-8-9-10-11-17-19-12-13-20(17)14-15-23-16-18(21)22/h12-13H,2-11,14-16H2,1H3,(H,21,22). The fourth-order valence-corrected chi connectivity index (χ4v) is 2.69. The molecule has 1 heterocycles. The van der Waals surface area contributed by atoms with Gasteiger partial charge in [-0.25, -0.2) is 9.78 Å². The molecule has 1 aromatic heterocycles. The Morgan fingerprint density at radius 1 is 1.13 bits per heavy atom. The van der Waals surface area contributed by atoms with Gasteiger partial charge in [-0.05, 0) is 6.42 Å². The van der Waals surface area contributed by atoms with E-state index in [9.17, 15) is 4.79 Å². The van der Waals surface area contributed by atoms with Crippen LogP contribution in [0, 0.1) is 0 Å². The number of aromatic nitrogens is 2. The summed E-state index contributed by atoms with van der Waals surface area (Å²) in [6.45, 7) is 3.10. The summed E-state index contributed by atoms with van der Waals surface area (Å²) < 4.78 is 7.14. The molecular formula is C18H32N2O3. The maximum Gasteiger partial charge on any atom is 0.329 e. The molecule has 0 unspecified atom stereocenters. The summed E-state index contributed by atoms with van der Waals surface area (Å²) in [6.07, 6.45) is 16.7. The zero-order valence-electron chi connectivity index (χ0n) is 14.5. The third-order valence-corrected chi connectivity index (χ3v) is 4.01. The van der Waals surface area contributed by atoms with E-state index in [2.05, 4.69) is 16.5 Å². The highest BCUT2D eigenvalue weighted by Crippen LogP contribution is 2.11. The molecule has 0 saturated carbocycles. The average Bonchev–Trinajstić information content (AvgIpc) is 2.97. The number of aryl methyl sites for hydroxylation is 1. The number of carboxylic acid groups (broad SMARTS) is 1. The van der Waals surface area contributed by atoms with Crippen LogP contribution >= 0.6 is 0 Å². The molecule has 0 amide bonds. The third-order valence-electron chi connectivity index (χ3n) is 4.01. The predicted octanol–water partition coefficient (Wildman–Crippen LogP) is 4.06. The Bertz CT molecular complexity index is 418. The second-order valence-corrected chi connectivity index (χ2v) is 6.06. The number of hydrogen-bond donors (Lipinski definition) is 1. The number of aliphatic carboxylic acids is 1. The molecule has 1 rings (SSSR count). The van der Waals surface area contributed by atoms with Crippen LogP contribution in [0.3, 0.4) is 0 Å². The first-order valence-corrected chi connectivity index (χ1v) is 9.03. The van der Waals surface area contributed by atoms with Crippen molar-refractivity contribution in [3.05, 3.63) is 18.2 Å². The second-order valence-electron chi connectivity index (χ2n) is 6.06. The third kappa shape index (κ3) is 10.1. The minimum Gasteiger partial charge on any atom is -0.480 e. The van der Waals surface area contributed by atoms with Crippen LogP contribution in [-0.2, 0) is 22.5 Å². The first-order valence-electron chi connectivity index (χ1n) is 9.03. The highest BCUT2D eigenvalue weighted by molar-refractivity contribution is 5.67. The van der Waals surface area contributed by atoms with E-state index in [0.717, 1.165) is 12.2 Å². The first-order chi connectivity index (χ1) is 11.2. The molecule has 5 heteroatoms. The molecule has 0 aliphatic heterocycles. The van der Waals surface area contributed by atoms with Crippen LogP contribution in [0.5, 0.6) is 0 Å². The summed E-state index contributed by atoms with van der Waals surface area (Å²) in [5.74, 6) is 0.150. The van der Waals surface area contributed by atoms with Gasteiger partial charge in [-0.2, -0.15) is 0 Å². The first kappa shape index (κ1) is 19.7. The van der Waals surface area contributed by atoms with Crippen molar-refractivity contribution < 1.29 is 14.6 Å². The molecule has 1 aromatic rings. The normalized spacial score (nSPS) is 11.0. The molecular weight excluding hydrogens is 292 g/mol. The van der Waals surface area contributed by atoms with E-state index in [1.807, 2.05) is 6.20 Å². The number of carboxylic acids is 1. The Morgan fingerprint density at radius 3 is 2.43 bits per heavy atom. The minimum atomic E-state index is -0.925. The van der Waals surface area contributed by atoms with Gasteiger partial charge in [0.1, 0.15) is 12.4 Å². The molecule has 0 atom stereocenters. The summed E-state index contributed by atoms with van der Waals surface area (Å²) in [4.78, 5) is 14.8. The smallest absolute Gasteiger partial charge is 0.329 e. The molecule has 0 spiro atoms. The van der Waals surface area contributed by atoms with Crippen molar-refractivity contribution in [3.8, 4) is 0 Å². The second kappa shape index (κ2) is 13.1. The lowest BCUT2D eigenvalue weighted by molar-refractivity contribution is -0.142. The van der Waals surface area contributed by atoms with Crippen LogP contribution in [-0.4, -0.2) is 33.8 Å². The van der Waals surface area contributed by atoms with E-state index in [1.165, 1.54) is 57.8 Å². The van der Waals surface area contributed by atoms with Crippen LogP contribution in [0.1, 0.15) is 70.5 Å². The summed E-state index contributed by atoms with van der Waals surface area (Å²) in [5.41, 5.74) is 0. The summed E-state index contributed by atoms with van der Waals surface area (Å²) in [5, 5.41) is 8.53. The van der Waals surface area contributed by atoms with Crippen molar-refractivity contribution in [2.45, 2.75) is 77.7 Å². The molecule has 23 heavy (non-hydrogen) atoms. The van der Waals surface area contributed by atoms with Gasteiger partial charge in [0.25, 0.3) is 0 Å². The Kier molecular flexibility index (Phi) is 11.2. The van der Waals surface area contributed by atoms with Crippen molar-refractivity contribution in [3.63, 3.8) is 0 Å². The molecule has 0 saturated heterocycles. The van der Waals surface area contributed by atoms with Crippen LogP contribution in [0.4, 0.5) is 0 Å². The number of nitrogens with zero attached hydrogens (tertiary/aromatic N) is 2. The molecule has 0 bridgehead atoms. The molecule has 132 valence electrons. The van der Waals surface area contributed by atoms with Crippen molar-refractivity contribution in [1.82, 2.24) is 9.55 Å². The predicted molar refractivity (Wildman–Crippen MR) is 91.6 cm³/mol. The van der Waals surface area contributed by atoms with Gasteiger partial charge in [0.05, 0.1) is 6.61 Å². The largest absolute Gasteiger partial charge is 0.480 e. The molecule has 1 N–H and O–H groups in total. The molecule has 0 radical (unpaired) electrons. The van der Waals surface area contributed by atoms with Gasteiger partial charge in [0.15, 0.2) is 0 Å².